The van der Waals surface area contributed by atoms with Crippen molar-refractivity contribution in [3.63, 3.8) is 0 Å². The number of amides is 1. The number of halogens is 1. The van der Waals surface area contributed by atoms with Crippen LogP contribution in [0.25, 0.3) is 5.57 Å². The number of carbonyl (C=O) groups is 2. The summed E-state index contributed by atoms with van der Waals surface area (Å²) in [5.41, 5.74) is 2.53. The lowest BCUT2D eigenvalue weighted by molar-refractivity contribution is -0.138. The Labute approximate surface area is 212 Å². The first-order valence-electron chi connectivity index (χ1n) is 12.5. The lowest BCUT2D eigenvalue weighted by Crippen LogP contribution is -2.45. The normalized spacial score (nSPS) is 20.8. The standard InChI is InChI=1S/C27H36ClN3O4/c1-5-7-9-20-15-31(26(33)18-10-8-11-19(14-18)27(34)35-4)16-22-23(20)29-24(30-25(22)32)17(3)12-13-21(28)6-2/h11-13,18,20H,5-10,14-16H2,1-4H3,(H,29,30,32)/b17-12+,21-13+. The van der Waals surface area contributed by atoms with Crippen LogP contribution in [0, 0.1) is 5.92 Å². The third-order valence-electron chi connectivity index (χ3n) is 6.84. The topological polar surface area (TPSA) is 92.4 Å². The van der Waals surface area contributed by atoms with Crippen LogP contribution in [0.5, 0.6) is 0 Å². The molecule has 0 saturated carbocycles. The van der Waals surface area contributed by atoms with Gasteiger partial charge in [-0.15, -0.1) is 0 Å². The van der Waals surface area contributed by atoms with E-state index >= 15 is 0 Å². The maximum Gasteiger partial charge on any atom is 0.333 e. The highest BCUT2D eigenvalue weighted by molar-refractivity contribution is 6.29. The van der Waals surface area contributed by atoms with Gasteiger partial charge in [-0.3, -0.25) is 9.59 Å². The molecule has 0 fully saturated rings. The van der Waals surface area contributed by atoms with Crippen LogP contribution in [-0.2, 0) is 20.9 Å². The highest BCUT2D eigenvalue weighted by Gasteiger charge is 2.35. The van der Waals surface area contributed by atoms with E-state index in [-0.39, 0.29) is 35.8 Å². The summed E-state index contributed by atoms with van der Waals surface area (Å²) in [5, 5.41) is 0.729. The molecule has 2 unspecified atom stereocenters. The zero-order chi connectivity index (χ0) is 25.5. The fourth-order valence-corrected chi connectivity index (χ4v) is 4.80. The molecule has 0 saturated heterocycles. The number of hydrogen-bond donors (Lipinski definition) is 1. The predicted octanol–water partition coefficient (Wildman–Crippen LogP) is 5.22. The summed E-state index contributed by atoms with van der Waals surface area (Å²) in [6.45, 7) is 6.77. The molecule has 3 rings (SSSR count). The van der Waals surface area contributed by atoms with Gasteiger partial charge in [0.1, 0.15) is 5.82 Å². The largest absolute Gasteiger partial charge is 0.466 e. The number of nitrogens with one attached hydrogen (secondary N) is 1. The zero-order valence-electron chi connectivity index (χ0n) is 21.2. The van der Waals surface area contributed by atoms with Crippen molar-refractivity contribution in [2.24, 2.45) is 5.92 Å². The zero-order valence-corrected chi connectivity index (χ0v) is 21.9. The van der Waals surface area contributed by atoms with Crippen molar-refractivity contribution in [2.75, 3.05) is 13.7 Å². The average molecular weight is 502 g/mol. The second-order valence-electron chi connectivity index (χ2n) is 9.35. The Balaban J connectivity index is 1.90. The Morgan fingerprint density at radius 2 is 2.09 bits per heavy atom. The molecule has 1 N–H and O–H groups in total. The van der Waals surface area contributed by atoms with Crippen molar-refractivity contribution in [3.8, 4) is 0 Å². The third-order valence-corrected chi connectivity index (χ3v) is 7.23. The summed E-state index contributed by atoms with van der Waals surface area (Å²) >= 11 is 6.13. The molecule has 1 aromatic rings. The van der Waals surface area contributed by atoms with E-state index in [1.54, 1.807) is 4.90 Å². The van der Waals surface area contributed by atoms with E-state index < -0.39 is 0 Å². The van der Waals surface area contributed by atoms with Gasteiger partial charge in [0.2, 0.25) is 5.91 Å². The van der Waals surface area contributed by atoms with E-state index in [1.807, 2.05) is 32.1 Å². The van der Waals surface area contributed by atoms with Crippen molar-refractivity contribution in [2.45, 2.75) is 78.2 Å². The van der Waals surface area contributed by atoms with Gasteiger partial charge in [-0.2, -0.15) is 0 Å². The third kappa shape index (κ3) is 6.51. The van der Waals surface area contributed by atoms with Gasteiger partial charge in [0.25, 0.3) is 5.56 Å². The Bertz CT molecular complexity index is 1100. The van der Waals surface area contributed by atoms with Crippen LogP contribution >= 0.6 is 11.6 Å². The molecule has 2 aliphatic rings. The van der Waals surface area contributed by atoms with Gasteiger partial charge in [0, 0.05) is 29.0 Å². The monoisotopic (exact) mass is 501 g/mol. The molecule has 1 aliphatic heterocycles. The molecule has 1 aromatic heterocycles. The molecular formula is C27H36ClN3O4. The number of esters is 1. The SMILES string of the molecule is CCCCC1CN(C(=O)C2CCC=C(C(=O)OC)C2)Cc2c1nc(/C(C)=C/C=C(/Cl)CC)[nH]c2=O. The van der Waals surface area contributed by atoms with Crippen molar-refractivity contribution in [3.05, 3.63) is 56.3 Å². The molecule has 0 bridgehead atoms. The minimum Gasteiger partial charge on any atom is -0.466 e. The van der Waals surface area contributed by atoms with Gasteiger partial charge in [-0.05, 0) is 50.7 Å². The first-order valence-corrected chi connectivity index (χ1v) is 12.9. The molecule has 1 amide bonds. The average Bonchev–Trinajstić information content (AvgIpc) is 2.89. The maximum absolute atomic E-state index is 13.5. The number of unbranched alkanes of at least 4 members (excludes halogenated alkanes) is 1. The number of hydrogen-bond acceptors (Lipinski definition) is 5. The van der Waals surface area contributed by atoms with Crippen molar-refractivity contribution < 1.29 is 14.3 Å². The minimum absolute atomic E-state index is 0.00875. The number of nitrogens with zero attached hydrogens (tertiary/aromatic N) is 2. The summed E-state index contributed by atoms with van der Waals surface area (Å²) < 4.78 is 4.85. The van der Waals surface area contributed by atoms with E-state index in [9.17, 15) is 14.4 Å². The number of carbonyl (C=O) groups excluding carboxylic acids is 2. The van der Waals surface area contributed by atoms with Crippen LogP contribution < -0.4 is 5.56 Å². The molecule has 0 aromatic carbocycles. The first-order chi connectivity index (χ1) is 16.8. The lowest BCUT2D eigenvalue weighted by Gasteiger charge is -2.36. The Hall–Kier alpha value is -2.67. The highest BCUT2D eigenvalue weighted by Crippen LogP contribution is 2.33. The summed E-state index contributed by atoms with van der Waals surface area (Å²) in [5.74, 6) is -0.143. The molecular weight excluding hydrogens is 466 g/mol. The van der Waals surface area contributed by atoms with Gasteiger partial charge >= 0.3 is 5.97 Å². The smallest absolute Gasteiger partial charge is 0.333 e. The van der Waals surface area contributed by atoms with Gasteiger partial charge in [-0.1, -0.05) is 50.4 Å². The second-order valence-corrected chi connectivity index (χ2v) is 9.84. The summed E-state index contributed by atoms with van der Waals surface area (Å²) in [6.07, 6.45) is 10.9. The summed E-state index contributed by atoms with van der Waals surface area (Å²) in [4.78, 5) is 48.2. The Morgan fingerprint density at radius 3 is 2.77 bits per heavy atom. The van der Waals surface area contributed by atoms with E-state index in [2.05, 4.69) is 11.9 Å². The van der Waals surface area contributed by atoms with E-state index in [0.717, 1.165) is 42.0 Å². The number of methoxy groups -OCH3 is 1. The Morgan fingerprint density at radius 1 is 1.31 bits per heavy atom. The molecule has 1 aliphatic carbocycles. The number of aromatic nitrogens is 2. The first kappa shape index (κ1) is 26.9. The number of rotatable bonds is 8. The summed E-state index contributed by atoms with van der Waals surface area (Å²) in [6, 6.07) is 0. The molecule has 35 heavy (non-hydrogen) atoms. The molecule has 8 heteroatoms. The van der Waals surface area contributed by atoms with Crippen LogP contribution in [0.1, 0.15) is 88.7 Å². The predicted molar refractivity (Wildman–Crippen MR) is 138 cm³/mol. The minimum atomic E-state index is -0.376. The molecule has 2 atom stereocenters. The van der Waals surface area contributed by atoms with Gasteiger partial charge in [-0.25, -0.2) is 9.78 Å². The van der Waals surface area contributed by atoms with Crippen LogP contribution in [0.4, 0.5) is 0 Å². The van der Waals surface area contributed by atoms with Gasteiger partial charge in [0.05, 0.1) is 24.9 Å². The molecule has 7 nitrogen and oxygen atoms in total. The molecule has 0 spiro atoms. The highest BCUT2D eigenvalue weighted by atomic mass is 35.5. The lowest BCUT2D eigenvalue weighted by atomic mass is 9.85. The maximum atomic E-state index is 13.5. The van der Waals surface area contributed by atoms with Crippen molar-refractivity contribution in [1.82, 2.24) is 14.9 Å². The van der Waals surface area contributed by atoms with Crippen LogP contribution in [0.2, 0.25) is 0 Å². The van der Waals surface area contributed by atoms with E-state index in [4.69, 9.17) is 21.3 Å². The van der Waals surface area contributed by atoms with Gasteiger partial charge < -0.3 is 14.6 Å². The molecule has 190 valence electrons. The number of ether oxygens (including phenoxy) is 1. The molecule has 0 radical (unpaired) electrons. The fraction of sp³-hybridized carbons (Fsp3) is 0.556. The van der Waals surface area contributed by atoms with Gasteiger partial charge in [0.15, 0.2) is 0 Å². The van der Waals surface area contributed by atoms with Crippen LogP contribution in [0.3, 0.4) is 0 Å². The van der Waals surface area contributed by atoms with E-state index in [0.29, 0.717) is 42.8 Å². The van der Waals surface area contributed by atoms with E-state index in [1.165, 1.54) is 7.11 Å². The van der Waals surface area contributed by atoms with Crippen LogP contribution in [0.15, 0.2) is 33.6 Å². The summed E-state index contributed by atoms with van der Waals surface area (Å²) in [7, 11) is 1.35. The quantitative estimate of drug-likeness (QED) is 0.389. The van der Waals surface area contributed by atoms with Crippen molar-refractivity contribution in [1.29, 1.82) is 0 Å². The van der Waals surface area contributed by atoms with Crippen molar-refractivity contribution >= 4 is 29.1 Å². The number of aromatic amines is 1. The van der Waals surface area contributed by atoms with Crippen LogP contribution in [-0.4, -0.2) is 40.4 Å². The number of allylic oxidation sites excluding steroid dienone is 5. The Kier molecular flexibility index (Phi) is 9.49. The molecule has 2 heterocycles. The number of fused-ring (bicyclic) bond motifs is 1. The fourth-order valence-electron chi connectivity index (χ4n) is 4.74. The second kappa shape index (κ2) is 12.3. The number of H-pyrrole nitrogens is 1.